The van der Waals surface area contributed by atoms with Crippen molar-refractivity contribution in [3.63, 3.8) is 0 Å². The van der Waals surface area contributed by atoms with Gasteiger partial charge in [0.25, 0.3) is 0 Å². The molecule has 2 amide bonds. The molecule has 0 fully saturated rings. The third-order valence-corrected chi connectivity index (χ3v) is 4.11. The third-order valence-electron chi connectivity index (χ3n) is 3.06. The Kier molecular flexibility index (Phi) is 8.27. The highest BCUT2D eigenvalue weighted by molar-refractivity contribution is 7.15. The number of aliphatic imine (C=N–C) groups is 1. The zero-order valence-electron chi connectivity index (χ0n) is 13.3. The number of carbonyl (C=O) groups excluding carboxylic acids is 1. The lowest BCUT2D eigenvalue weighted by Gasteiger charge is -2.06. The standard InChI is InChI=1S/C14H26N6OS/c1-3-4-5-8-18-14(21)20-12(15)17-9-6-7-11-10(2)19-13(16)22-11/h3-9H2,1-2H3,(H2,16,19)(H4,15,17,18,20,21). The minimum absolute atomic E-state index is 0.147. The van der Waals surface area contributed by atoms with Gasteiger partial charge in [0.05, 0.1) is 5.69 Å². The van der Waals surface area contributed by atoms with E-state index in [2.05, 4.69) is 27.5 Å². The molecular weight excluding hydrogens is 300 g/mol. The summed E-state index contributed by atoms with van der Waals surface area (Å²) < 4.78 is 0. The van der Waals surface area contributed by atoms with Crippen molar-refractivity contribution in [3.8, 4) is 0 Å². The first-order chi connectivity index (χ1) is 10.5. The highest BCUT2D eigenvalue weighted by atomic mass is 32.1. The van der Waals surface area contributed by atoms with E-state index >= 15 is 0 Å². The Morgan fingerprint density at radius 2 is 2.14 bits per heavy atom. The normalized spacial score (nSPS) is 11.5. The molecule has 1 rings (SSSR count). The molecule has 0 bridgehead atoms. The van der Waals surface area contributed by atoms with Gasteiger partial charge in [-0.25, -0.2) is 9.78 Å². The van der Waals surface area contributed by atoms with Crippen LogP contribution in [0.3, 0.4) is 0 Å². The number of amides is 2. The first-order valence-corrected chi connectivity index (χ1v) is 8.41. The van der Waals surface area contributed by atoms with Crippen LogP contribution in [0.1, 0.15) is 43.2 Å². The predicted octanol–water partition coefficient (Wildman–Crippen LogP) is 1.77. The number of urea groups is 1. The Balaban J connectivity index is 2.19. The van der Waals surface area contributed by atoms with E-state index in [9.17, 15) is 4.79 Å². The SMILES string of the molecule is CCCCCNC(=O)NC(N)=NCCCc1sc(N)nc1C. The fourth-order valence-corrected chi connectivity index (χ4v) is 2.77. The van der Waals surface area contributed by atoms with E-state index in [1.54, 1.807) is 0 Å². The van der Waals surface area contributed by atoms with Gasteiger partial charge in [-0.3, -0.25) is 10.3 Å². The average molecular weight is 326 g/mol. The van der Waals surface area contributed by atoms with Crippen molar-refractivity contribution in [2.75, 3.05) is 18.8 Å². The van der Waals surface area contributed by atoms with Gasteiger partial charge in [-0.15, -0.1) is 11.3 Å². The summed E-state index contributed by atoms with van der Waals surface area (Å²) in [6.45, 7) is 5.27. The van der Waals surface area contributed by atoms with Gasteiger partial charge in [0.1, 0.15) is 0 Å². The number of nitrogens with two attached hydrogens (primary N) is 2. The molecule has 0 aliphatic heterocycles. The molecule has 0 atom stereocenters. The topological polar surface area (TPSA) is 118 Å². The van der Waals surface area contributed by atoms with Crippen molar-refractivity contribution in [1.82, 2.24) is 15.6 Å². The predicted molar refractivity (Wildman–Crippen MR) is 92.1 cm³/mol. The summed E-state index contributed by atoms with van der Waals surface area (Å²) in [7, 11) is 0. The summed E-state index contributed by atoms with van der Waals surface area (Å²) in [4.78, 5) is 21.0. The van der Waals surface area contributed by atoms with Gasteiger partial charge in [0, 0.05) is 18.0 Å². The molecule has 6 N–H and O–H groups in total. The maximum atomic E-state index is 11.5. The van der Waals surface area contributed by atoms with E-state index in [4.69, 9.17) is 11.5 Å². The van der Waals surface area contributed by atoms with Crippen molar-refractivity contribution in [2.24, 2.45) is 10.7 Å². The molecule has 0 radical (unpaired) electrons. The van der Waals surface area contributed by atoms with Crippen molar-refractivity contribution < 1.29 is 4.79 Å². The van der Waals surface area contributed by atoms with Crippen LogP contribution in [0.4, 0.5) is 9.93 Å². The number of unbranched alkanes of at least 4 members (excludes halogenated alkanes) is 2. The number of hydrogen-bond donors (Lipinski definition) is 4. The molecule has 1 aromatic heterocycles. The first-order valence-electron chi connectivity index (χ1n) is 7.59. The molecule has 1 heterocycles. The van der Waals surface area contributed by atoms with E-state index in [1.807, 2.05) is 6.92 Å². The van der Waals surface area contributed by atoms with Gasteiger partial charge in [0.2, 0.25) is 0 Å². The number of aryl methyl sites for hydroxylation is 2. The van der Waals surface area contributed by atoms with Gasteiger partial charge in [0.15, 0.2) is 11.1 Å². The zero-order chi connectivity index (χ0) is 16.4. The monoisotopic (exact) mass is 326 g/mol. The van der Waals surface area contributed by atoms with Crippen LogP contribution >= 0.6 is 11.3 Å². The average Bonchev–Trinajstić information content (AvgIpc) is 2.78. The second-order valence-electron chi connectivity index (χ2n) is 5.02. The number of thiazole rings is 1. The molecule has 0 saturated carbocycles. The molecule has 1 aromatic rings. The summed E-state index contributed by atoms with van der Waals surface area (Å²) in [6.07, 6.45) is 4.89. The zero-order valence-corrected chi connectivity index (χ0v) is 14.1. The second kappa shape index (κ2) is 9.99. The molecule has 0 saturated heterocycles. The Hall–Kier alpha value is -1.83. The summed E-state index contributed by atoms with van der Waals surface area (Å²) in [5.74, 6) is 0.147. The van der Waals surface area contributed by atoms with E-state index in [-0.39, 0.29) is 12.0 Å². The first kappa shape index (κ1) is 18.2. The molecule has 0 aromatic carbocycles. The summed E-state index contributed by atoms with van der Waals surface area (Å²) in [5, 5.41) is 5.86. The van der Waals surface area contributed by atoms with Crippen LogP contribution in [-0.2, 0) is 6.42 Å². The van der Waals surface area contributed by atoms with Crippen LogP contribution in [0.15, 0.2) is 4.99 Å². The van der Waals surface area contributed by atoms with Crippen molar-refractivity contribution >= 4 is 28.5 Å². The van der Waals surface area contributed by atoms with Crippen LogP contribution in [0, 0.1) is 6.92 Å². The number of guanidine groups is 1. The highest BCUT2D eigenvalue weighted by Crippen LogP contribution is 2.20. The van der Waals surface area contributed by atoms with E-state index in [0.717, 1.165) is 37.8 Å². The van der Waals surface area contributed by atoms with Gasteiger partial charge in [-0.2, -0.15) is 0 Å². The molecule has 22 heavy (non-hydrogen) atoms. The Morgan fingerprint density at radius 3 is 2.77 bits per heavy atom. The minimum Gasteiger partial charge on any atom is -0.375 e. The molecule has 0 unspecified atom stereocenters. The number of nitrogens with zero attached hydrogens (tertiary/aromatic N) is 2. The molecule has 124 valence electrons. The Morgan fingerprint density at radius 1 is 1.36 bits per heavy atom. The van der Waals surface area contributed by atoms with Crippen LogP contribution in [0.5, 0.6) is 0 Å². The summed E-state index contributed by atoms with van der Waals surface area (Å²) in [5.41, 5.74) is 12.3. The minimum atomic E-state index is -0.302. The van der Waals surface area contributed by atoms with Gasteiger partial charge in [-0.1, -0.05) is 19.8 Å². The highest BCUT2D eigenvalue weighted by Gasteiger charge is 2.05. The number of rotatable bonds is 8. The molecule has 7 nitrogen and oxygen atoms in total. The van der Waals surface area contributed by atoms with Crippen molar-refractivity contribution in [1.29, 1.82) is 0 Å². The van der Waals surface area contributed by atoms with Crippen LogP contribution in [-0.4, -0.2) is 30.1 Å². The fraction of sp³-hybridized carbons (Fsp3) is 0.643. The quantitative estimate of drug-likeness (QED) is 0.331. The van der Waals surface area contributed by atoms with E-state index in [0.29, 0.717) is 18.2 Å². The Labute approximate surface area is 135 Å². The molecule has 0 aliphatic carbocycles. The van der Waals surface area contributed by atoms with E-state index in [1.165, 1.54) is 16.2 Å². The third kappa shape index (κ3) is 7.26. The molecular formula is C14H26N6OS. The van der Waals surface area contributed by atoms with Crippen molar-refractivity contribution in [2.45, 2.75) is 46.0 Å². The molecule has 0 aliphatic rings. The van der Waals surface area contributed by atoms with Crippen molar-refractivity contribution in [3.05, 3.63) is 10.6 Å². The maximum absolute atomic E-state index is 11.5. The lowest BCUT2D eigenvalue weighted by Crippen LogP contribution is -2.43. The number of nitrogen functional groups attached to an aromatic ring is 1. The molecule has 8 heteroatoms. The van der Waals surface area contributed by atoms with Gasteiger partial charge >= 0.3 is 6.03 Å². The second-order valence-corrected chi connectivity index (χ2v) is 6.13. The van der Waals surface area contributed by atoms with Gasteiger partial charge in [-0.05, 0) is 26.2 Å². The lowest BCUT2D eigenvalue weighted by molar-refractivity contribution is 0.245. The smallest absolute Gasteiger partial charge is 0.321 e. The summed E-state index contributed by atoms with van der Waals surface area (Å²) in [6, 6.07) is -0.302. The number of nitrogens with one attached hydrogen (secondary N) is 2. The Bertz CT molecular complexity index is 500. The fourth-order valence-electron chi connectivity index (χ4n) is 1.90. The van der Waals surface area contributed by atoms with Gasteiger partial charge < -0.3 is 16.8 Å². The molecule has 0 spiro atoms. The largest absolute Gasteiger partial charge is 0.375 e. The van der Waals surface area contributed by atoms with Crippen LogP contribution < -0.4 is 22.1 Å². The summed E-state index contributed by atoms with van der Waals surface area (Å²) >= 11 is 1.50. The lowest BCUT2D eigenvalue weighted by atomic mass is 10.2. The number of carbonyl (C=O) groups is 1. The number of hydrogen-bond acceptors (Lipinski definition) is 5. The van der Waals surface area contributed by atoms with Crippen LogP contribution in [0.2, 0.25) is 0 Å². The van der Waals surface area contributed by atoms with Crippen LogP contribution in [0.25, 0.3) is 0 Å². The maximum Gasteiger partial charge on any atom is 0.321 e. The van der Waals surface area contributed by atoms with E-state index < -0.39 is 0 Å². The number of aromatic nitrogens is 1. The number of anilines is 1.